The van der Waals surface area contributed by atoms with Crippen LogP contribution in [0.25, 0.3) is 0 Å². The topological polar surface area (TPSA) is 29.1 Å². The van der Waals surface area contributed by atoms with E-state index in [1.54, 1.807) is 6.92 Å². The molecule has 17 heavy (non-hydrogen) atoms. The molecule has 1 aromatic carbocycles. The van der Waals surface area contributed by atoms with Crippen LogP contribution in [0.2, 0.25) is 0 Å². The summed E-state index contributed by atoms with van der Waals surface area (Å²) in [5.74, 6) is 2.13. The second kappa shape index (κ2) is 4.17. The number of fused-ring (bicyclic) bond motifs is 2. The van der Waals surface area contributed by atoms with Gasteiger partial charge in [0.2, 0.25) is 5.91 Å². The van der Waals surface area contributed by atoms with Crippen molar-refractivity contribution < 1.29 is 4.79 Å². The van der Waals surface area contributed by atoms with Crippen molar-refractivity contribution in [1.82, 2.24) is 5.32 Å². The zero-order chi connectivity index (χ0) is 11.8. The summed E-state index contributed by atoms with van der Waals surface area (Å²) in [5, 5.41) is 3.18. The SMILES string of the molecule is CC(=O)N[C@@H]1[C@H]2CC[C@@H](C2)[C@@H]1c1ccccc1. The minimum Gasteiger partial charge on any atom is -0.353 e. The highest BCUT2D eigenvalue weighted by Crippen LogP contribution is 2.52. The largest absolute Gasteiger partial charge is 0.353 e. The van der Waals surface area contributed by atoms with Gasteiger partial charge >= 0.3 is 0 Å². The average molecular weight is 229 g/mol. The number of benzene rings is 1. The molecule has 0 saturated heterocycles. The summed E-state index contributed by atoms with van der Waals surface area (Å²) >= 11 is 0. The molecule has 0 heterocycles. The lowest BCUT2D eigenvalue weighted by molar-refractivity contribution is -0.120. The third kappa shape index (κ3) is 1.86. The van der Waals surface area contributed by atoms with Gasteiger partial charge in [0, 0.05) is 18.9 Å². The Morgan fingerprint density at radius 1 is 1.18 bits per heavy atom. The highest BCUT2D eigenvalue weighted by Gasteiger charge is 2.48. The molecular weight excluding hydrogens is 210 g/mol. The molecule has 2 saturated carbocycles. The number of rotatable bonds is 2. The number of carbonyl (C=O) groups excluding carboxylic acids is 1. The van der Waals surface area contributed by atoms with Gasteiger partial charge in [-0.05, 0) is 36.7 Å². The molecule has 4 atom stereocenters. The third-order valence-corrected chi connectivity index (χ3v) is 4.47. The van der Waals surface area contributed by atoms with Gasteiger partial charge in [0.05, 0.1) is 0 Å². The van der Waals surface area contributed by atoms with E-state index in [1.165, 1.54) is 24.8 Å². The summed E-state index contributed by atoms with van der Waals surface area (Å²) in [7, 11) is 0. The first-order valence-electron chi connectivity index (χ1n) is 6.58. The van der Waals surface area contributed by atoms with E-state index in [2.05, 4.69) is 35.6 Å². The fourth-order valence-corrected chi connectivity index (χ4v) is 3.89. The number of hydrogen-bond donors (Lipinski definition) is 1. The van der Waals surface area contributed by atoms with Gasteiger partial charge < -0.3 is 5.32 Å². The quantitative estimate of drug-likeness (QED) is 0.830. The molecule has 0 aromatic heterocycles. The van der Waals surface area contributed by atoms with Crippen LogP contribution in [0, 0.1) is 11.8 Å². The van der Waals surface area contributed by atoms with Crippen molar-refractivity contribution in [2.75, 3.05) is 0 Å². The Kier molecular flexibility index (Phi) is 2.65. The van der Waals surface area contributed by atoms with Gasteiger partial charge in [0.1, 0.15) is 0 Å². The molecule has 2 fully saturated rings. The minimum absolute atomic E-state index is 0.114. The van der Waals surface area contributed by atoms with Crippen molar-refractivity contribution in [2.45, 2.75) is 38.1 Å². The Morgan fingerprint density at radius 3 is 2.59 bits per heavy atom. The van der Waals surface area contributed by atoms with Gasteiger partial charge in [-0.25, -0.2) is 0 Å². The fraction of sp³-hybridized carbons (Fsp3) is 0.533. The maximum absolute atomic E-state index is 11.3. The Labute approximate surface area is 102 Å². The van der Waals surface area contributed by atoms with E-state index < -0.39 is 0 Å². The molecule has 1 aromatic rings. The summed E-state index contributed by atoms with van der Waals surface area (Å²) in [4.78, 5) is 11.3. The Morgan fingerprint density at radius 2 is 1.88 bits per heavy atom. The first kappa shape index (κ1) is 10.8. The number of hydrogen-bond acceptors (Lipinski definition) is 1. The van der Waals surface area contributed by atoms with E-state index in [0.717, 1.165) is 5.92 Å². The fourth-order valence-electron chi connectivity index (χ4n) is 3.89. The third-order valence-electron chi connectivity index (χ3n) is 4.47. The van der Waals surface area contributed by atoms with Crippen LogP contribution in [-0.4, -0.2) is 11.9 Å². The van der Waals surface area contributed by atoms with Crippen molar-refractivity contribution in [2.24, 2.45) is 11.8 Å². The predicted octanol–water partition coefficient (Wildman–Crippen LogP) is 2.70. The highest BCUT2D eigenvalue weighted by molar-refractivity contribution is 5.73. The highest BCUT2D eigenvalue weighted by atomic mass is 16.1. The molecule has 90 valence electrons. The zero-order valence-electron chi connectivity index (χ0n) is 10.2. The monoisotopic (exact) mass is 229 g/mol. The average Bonchev–Trinajstić information content (AvgIpc) is 2.90. The molecule has 2 nitrogen and oxygen atoms in total. The van der Waals surface area contributed by atoms with Gasteiger partial charge in [-0.2, -0.15) is 0 Å². The Bertz CT molecular complexity index is 414. The predicted molar refractivity (Wildman–Crippen MR) is 67.6 cm³/mol. The molecule has 0 aliphatic heterocycles. The van der Waals surface area contributed by atoms with Crippen LogP contribution in [0.3, 0.4) is 0 Å². The maximum Gasteiger partial charge on any atom is 0.217 e. The van der Waals surface area contributed by atoms with Gasteiger partial charge in [0.15, 0.2) is 0 Å². The van der Waals surface area contributed by atoms with Crippen LogP contribution in [-0.2, 0) is 4.79 Å². The molecule has 2 aliphatic rings. The molecule has 0 unspecified atom stereocenters. The molecule has 0 spiro atoms. The number of amides is 1. The Hall–Kier alpha value is -1.31. The smallest absolute Gasteiger partial charge is 0.217 e. The number of nitrogens with one attached hydrogen (secondary N) is 1. The van der Waals surface area contributed by atoms with Crippen molar-refractivity contribution in [3.05, 3.63) is 35.9 Å². The molecule has 1 N–H and O–H groups in total. The van der Waals surface area contributed by atoms with E-state index in [4.69, 9.17) is 0 Å². The lowest BCUT2D eigenvalue weighted by Crippen LogP contribution is -2.41. The Balaban J connectivity index is 1.88. The first-order chi connectivity index (χ1) is 8.25. The van der Waals surface area contributed by atoms with Crippen LogP contribution in [0.5, 0.6) is 0 Å². The van der Waals surface area contributed by atoms with Crippen LogP contribution in [0.15, 0.2) is 30.3 Å². The van der Waals surface area contributed by atoms with Gasteiger partial charge in [-0.15, -0.1) is 0 Å². The van der Waals surface area contributed by atoms with Crippen molar-refractivity contribution in [3.8, 4) is 0 Å². The van der Waals surface area contributed by atoms with E-state index >= 15 is 0 Å². The molecule has 2 bridgehead atoms. The molecule has 3 rings (SSSR count). The first-order valence-corrected chi connectivity index (χ1v) is 6.58. The van der Waals surface area contributed by atoms with Gasteiger partial charge in [-0.3, -0.25) is 4.79 Å². The van der Waals surface area contributed by atoms with Crippen LogP contribution < -0.4 is 5.32 Å². The molecule has 2 heteroatoms. The summed E-state index contributed by atoms with van der Waals surface area (Å²) in [6.45, 7) is 1.63. The second-order valence-corrected chi connectivity index (χ2v) is 5.50. The van der Waals surface area contributed by atoms with E-state index in [1.807, 2.05) is 0 Å². The maximum atomic E-state index is 11.3. The van der Waals surface area contributed by atoms with Crippen molar-refractivity contribution in [1.29, 1.82) is 0 Å². The van der Waals surface area contributed by atoms with E-state index in [0.29, 0.717) is 17.9 Å². The van der Waals surface area contributed by atoms with Crippen LogP contribution in [0.4, 0.5) is 0 Å². The normalized spacial score (nSPS) is 34.9. The van der Waals surface area contributed by atoms with E-state index in [-0.39, 0.29) is 5.91 Å². The lowest BCUT2D eigenvalue weighted by Gasteiger charge is -2.31. The summed E-state index contributed by atoms with van der Waals surface area (Å²) in [5.41, 5.74) is 1.40. The number of carbonyl (C=O) groups is 1. The summed E-state index contributed by atoms with van der Waals surface area (Å²) in [6.07, 6.45) is 3.92. The molecule has 2 aliphatic carbocycles. The lowest BCUT2D eigenvalue weighted by atomic mass is 9.80. The molecule has 0 radical (unpaired) electrons. The summed E-state index contributed by atoms with van der Waals surface area (Å²) in [6, 6.07) is 11.1. The molecule has 1 amide bonds. The van der Waals surface area contributed by atoms with Crippen LogP contribution >= 0.6 is 0 Å². The zero-order valence-corrected chi connectivity index (χ0v) is 10.2. The molecular formula is C15H19NO. The van der Waals surface area contributed by atoms with Gasteiger partial charge in [-0.1, -0.05) is 30.3 Å². The van der Waals surface area contributed by atoms with E-state index in [9.17, 15) is 4.79 Å². The van der Waals surface area contributed by atoms with Crippen LogP contribution in [0.1, 0.15) is 37.7 Å². The summed E-state index contributed by atoms with van der Waals surface area (Å²) < 4.78 is 0. The standard InChI is InChI=1S/C15H19NO/c1-10(17)16-15-13-8-7-12(9-13)14(15)11-5-3-2-4-6-11/h2-6,12-15H,7-9H2,1H3,(H,16,17)/t12-,13-,14-,15+/m0/s1. The van der Waals surface area contributed by atoms with Gasteiger partial charge in [0.25, 0.3) is 0 Å². The van der Waals surface area contributed by atoms with Crippen molar-refractivity contribution >= 4 is 5.91 Å². The van der Waals surface area contributed by atoms with Crippen molar-refractivity contribution in [3.63, 3.8) is 0 Å². The second-order valence-electron chi connectivity index (χ2n) is 5.50. The minimum atomic E-state index is 0.114.